The van der Waals surface area contributed by atoms with Gasteiger partial charge in [0.05, 0.1) is 11.3 Å². The average Bonchev–Trinajstić information content (AvgIpc) is 3.33. The summed E-state index contributed by atoms with van der Waals surface area (Å²) in [5.74, 6) is -0.140. The maximum atomic E-state index is 12.6. The summed E-state index contributed by atoms with van der Waals surface area (Å²) >= 11 is 0. The molecule has 0 saturated carbocycles. The van der Waals surface area contributed by atoms with Crippen LogP contribution >= 0.6 is 0 Å². The second-order valence-corrected chi connectivity index (χ2v) is 6.53. The summed E-state index contributed by atoms with van der Waals surface area (Å²) in [6.07, 6.45) is -0.661. The molecule has 2 aliphatic heterocycles. The number of hydrogen-bond donors (Lipinski definition) is 0. The first-order valence-electron chi connectivity index (χ1n) is 8.19. The molecule has 2 heterocycles. The van der Waals surface area contributed by atoms with E-state index in [1.54, 1.807) is 23.1 Å². The second-order valence-electron chi connectivity index (χ2n) is 6.53. The Labute approximate surface area is 146 Å². The van der Waals surface area contributed by atoms with Gasteiger partial charge in [0.25, 0.3) is 5.91 Å². The third-order valence-electron chi connectivity index (χ3n) is 5.11. The molecule has 25 heavy (non-hydrogen) atoms. The first-order valence-corrected chi connectivity index (χ1v) is 8.19. The number of nitriles is 1. The number of amides is 1. The van der Waals surface area contributed by atoms with Gasteiger partial charge in [0.1, 0.15) is 23.8 Å². The normalized spacial score (nSPS) is 30.5. The molecule has 2 aliphatic rings. The predicted molar refractivity (Wildman–Crippen MR) is 91.9 cm³/mol. The van der Waals surface area contributed by atoms with E-state index in [0.29, 0.717) is 11.3 Å². The topological polar surface area (TPSA) is 65.9 Å². The van der Waals surface area contributed by atoms with Gasteiger partial charge < -0.3 is 9.47 Å². The van der Waals surface area contributed by atoms with Crippen molar-refractivity contribution < 1.29 is 14.3 Å². The van der Waals surface area contributed by atoms with E-state index in [4.69, 9.17) is 9.47 Å². The van der Waals surface area contributed by atoms with E-state index in [-0.39, 0.29) is 18.1 Å². The van der Waals surface area contributed by atoms with Gasteiger partial charge in [-0.05, 0) is 24.6 Å². The minimum absolute atomic E-state index is 0.0961. The number of para-hydroxylation sites is 1. The highest BCUT2D eigenvalue weighted by Gasteiger charge is 2.69. The first kappa shape index (κ1) is 15.8. The Morgan fingerprint density at radius 3 is 2.52 bits per heavy atom. The summed E-state index contributed by atoms with van der Waals surface area (Å²) in [5, 5.41) is 9.38. The van der Waals surface area contributed by atoms with Crippen molar-refractivity contribution in [2.45, 2.75) is 30.8 Å². The molecule has 2 fully saturated rings. The van der Waals surface area contributed by atoms with E-state index in [1.165, 1.54) is 7.11 Å². The van der Waals surface area contributed by atoms with E-state index < -0.39 is 11.7 Å². The zero-order valence-electron chi connectivity index (χ0n) is 14.0. The molecule has 0 aromatic heterocycles. The van der Waals surface area contributed by atoms with Crippen molar-refractivity contribution in [3.05, 3.63) is 65.7 Å². The van der Waals surface area contributed by atoms with Gasteiger partial charge in [-0.2, -0.15) is 5.26 Å². The lowest BCUT2D eigenvalue weighted by atomic mass is 9.82. The fourth-order valence-electron chi connectivity index (χ4n) is 3.77. The van der Waals surface area contributed by atoms with E-state index >= 15 is 0 Å². The van der Waals surface area contributed by atoms with Crippen LogP contribution in [0.1, 0.15) is 24.2 Å². The van der Waals surface area contributed by atoms with Crippen molar-refractivity contribution in [3.8, 4) is 6.07 Å². The van der Waals surface area contributed by atoms with Crippen LogP contribution in [0.3, 0.4) is 0 Å². The van der Waals surface area contributed by atoms with E-state index in [9.17, 15) is 10.1 Å². The zero-order valence-corrected chi connectivity index (χ0v) is 14.0. The van der Waals surface area contributed by atoms with E-state index in [0.717, 1.165) is 5.56 Å². The number of nitrogens with zero attached hydrogens (tertiary/aromatic N) is 2. The number of epoxide rings is 1. The summed E-state index contributed by atoms with van der Waals surface area (Å²) in [4.78, 5) is 14.3. The second kappa shape index (κ2) is 5.69. The van der Waals surface area contributed by atoms with Gasteiger partial charge in [-0.15, -0.1) is 0 Å². The highest BCUT2D eigenvalue weighted by atomic mass is 16.6. The summed E-state index contributed by atoms with van der Waals surface area (Å²) < 4.78 is 11.5. The molecule has 4 atom stereocenters. The molecule has 5 nitrogen and oxygen atoms in total. The molecule has 4 rings (SSSR count). The summed E-state index contributed by atoms with van der Waals surface area (Å²) in [5.41, 5.74) is 1.61. The van der Waals surface area contributed by atoms with Gasteiger partial charge in [-0.25, -0.2) is 0 Å². The van der Waals surface area contributed by atoms with Gasteiger partial charge in [0, 0.05) is 7.11 Å². The Morgan fingerprint density at radius 2 is 1.84 bits per heavy atom. The highest BCUT2D eigenvalue weighted by Crippen LogP contribution is 2.57. The predicted octanol–water partition coefficient (Wildman–Crippen LogP) is 2.82. The van der Waals surface area contributed by atoms with Gasteiger partial charge >= 0.3 is 0 Å². The number of carbonyl (C=O) groups excluding carboxylic acids is 1. The Bertz CT molecular complexity index is 861. The lowest BCUT2D eigenvalue weighted by Crippen LogP contribution is -2.71. The van der Waals surface area contributed by atoms with Crippen LogP contribution < -0.4 is 4.90 Å². The number of β-lactam (4-membered cyclic amide) rings is 1. The number of ether oxygens (including phenoxy) is 2. The van der Waals surface area contributed by atoms with Crippen LogP contribution in [0.2, 0.25) is 0 Å². The molecule has 2 aromatic rings. The third kappa shape index (κ3) is 2.26. The Balaban J connectivity index is 1.70. The lowest BCUT2D eigenvalue weighted by molar-refractivity contribution is -0.142. The minimum Gasteiger partial charge on any atom is -0.369 e. The SMILES string of the molecule is CO[C@@H]1C(=O)N(c2ccccc2C#N)[C@@H]1[C@@]1(C)O[C@H]1c1ccccc1. The van der Waals surface area contributed by atoms with Crippen molar-refractivity contribution in [2.24, 2.45) is 0 Å². The van der Waals surface area contributed by atoms with Gasteiger partial charge in [-0.3, -0.25) is 9.69 Å². The van der Waals surface area contributed by atoms with Crippen molar-refractivity contribution in [1.82, 2.24) is 0 Å². The molecule has 2 aromatic carbocycles. The van der Waals surface area contributed by atoms with Crippen molar-refractivity contribution >= 4 is 11.6 Å². The van der Waals surface area contributed by atoms with Crippen LogP contribution in [-0.2, 0) is 14.3 Å². The monoisotopic (exact) mass is 334 g/mol. The molecular weight excluding hydrogens is 316 g/mol. The van der Waals surface area contributed by atoms with Gasteiger partial charge in [0.15, 0.2) is 6.10 Å². The van der Waals surface area contributed by atoms with Crippen molar-refractivity contribution in [1.29, 1.82) is 5.26 Å². The minimum atomic E-state index is -0.564. The smallest absolute Gasteiger partial charge is 0.258 e. The Morgan fingerprint density at radius 1 is 1.16 bits per heavy atom. The van der Waals surface area contributed by atoms with Crippen LogP contribution in [0.15, 0.2) is 54.6 Å². The number of carbonyl (C=O) groups is 1. The number of benzene rings is 2. The molecule has 126 valence electrons. The van der Waals surface area contributed by atoms with Gasteiger partial charge in [-0.1, -0.05) is 42.5 Å². The van der Waals surface area contributed by atoms with Crippen molar-refractivity contribution in [2.75, 3.05) is 12.0 Å². The lowest BCUT2D eigenvalue weighted by Gasteiger charge is -2.48. The molecule has 2 saturated heterocycles. The molecule has 5 heteroatoms. The Kier molecular flexibility index (Phi) is 3.60. The number of rotatable bonds is 4. The van der Waals surface area contributed by atoms with Gasteiger partial charge in [0.2, 0.25) is 0 Å². The van der Waals surface area contributed by atoms with Crippen LogP contribution in [0.4, 0.5) is 5.69 Å². The maximum absolute atomic E-state index is 12.6. The third-order valence-corrected chi connectivity index (χ3v) is 5.11. The highest BCUT2D eigenvalue weighted by molar-refractivity contribution is 6.06. The van der Waals surface area contributed by atoms with Crippen LogP contribution in [0.25, 0.3) is 0 Å². The van der Waals surface area contributed by atoms with Crippen LogP contribution in [0.5, 0.6) is 0 Å². The Hall–Kier alpha value is -2.68. The maximum Gasteiger partial charge on any atom is 0.258 e. The number of hydrogen-bond acceptors (Lipinski definition) is 4. The quantitative estimate of drug-likeness (QED) is 0.637. The van der Waals surface area contributed by atoms with E-state index in [2.05, 4.69) is 6.07 Å². The average molecular weight is 334 g/mol. The zero-order chi connectivity index (χ0) is 17.6. The molecule has 0 radical (unpaired) electrons. The molecular formula is C20H18N2O3. The molecule has 0 aliphatic carbocycles. The molecule has 0 spiro atoms. The fourth-order valence-corrected chi connectivity index (χ4v) is 3.77. The summed E-state index contributed by atoms with van der Waals surface area (Å²) in [7, 11) is 1.53. The largest absolute Gasteiger partial charge is 0.369 e. The van der Waals surface area contributed by atoms with Crippen LogP contribution in [0, 0.1) is 11.3 Å². The molecule has 0 unspecified atom stereocenters. The molecule has 0 N–H and O–H groups in total. The fraction of sp³-hybridized carbons (Fsp3) is 0.300. The number of methoxy groups -OCH3 is 1. The molecule has 0 bridgehead atoms. The summed E-state index contributed by atoms with van der Waals surface area (Å²) in [6, 6.07) is 18.9. The van der Waals surface area contributed by atoms with E-state index in [1.807, 2.05) is 43.3 Å². The van der Waals surface area contributed by atoms with Crippen molar-refractivity contribution in [3.63, 3.8) is 0 Å². The first-order chi connectivity index (χ1) is 12.1. The van der Waals surface area contributed by atoms with Crippen LogP contribution in [-0.4, -0.2) is 30.8 Å². The number of anilines is 1. The molecule has 1 amide bonds. The standard InChI is InChI=1S/C20H18N2O3/c1-20(18(25-20)13-8-4-3-5-9-13)17-16(24-2)19(23)22(17)15-11-7-6-10-14(15)12-21/h3-11,16-18H,1-2H3/t16-,17-,18-,20+/m0/s1. The summed E-state index contributed by atoms with van der Waals surface area (Å²) in [6.45, 7) is 2.00.